The van der Waals surface area contributed by atoms with Gasteiger partial charge in [-0.15, -0.1) is 0 Å². The van der Waals surface area contributed by atoms with Gasteiger partial charge in [-0.1, -0.05) is 35.9 Å². The van der Waals surface area contributed by atoms with Gasteiger partial charge in [0.15, 0.2) is 5.82 Å². The van der Waals surface area contributed by atoms with Crippen LogP contribution < -0.4 is 21.3 Å². The van der Waals surface area contributed by atoms with Crippen LogP contribution in [0, 0.1) is 0 Å². The fourth-order valence-electron chi connectivity index (χ4n) is 4.09. The summed E-state index contributed by atoms with van der Waals surface area (Å²) in [7, 11) is -2.50. The predicted molar refractivity (Wildman–Crippen MR) is 136 cm³/mol. The molecular formula is C24H29ClN5O2P. The molecular weight excluding hydrogens is 457 g/mol. The zero-order valence-electron chi connectivity index (χ0n) is 18.8. The molecule has 1 aliphatic heterocycles. The molecule has 3 aromatic rings. The quantitative estimate of drug-likeness (QED) is 0.356. The highest BCUT2D eigenvalue weighted by molar-refractivity contribution is 7.70. The van der Waals surface area contributed by atoms with Crippen LogP contribution in [0.1, 0.15) is 29.9 Å². The van der Waals surface area contributed by atoms with Crippen LogP contribution in [0.15, 0.2) is 48.7 Å². The maximum absolute atomic E-state index is 12.7. The Morgan fingerprint density at radius 1 is 1.12 bits per heavy atom. The SMILES string of the molecule is CP(C)(=O)c1ccccc1Nc1nc(Nc2ccc(C3CCNCC3)cc2CO)ncc1Cl. The fourth-order valence-corrected chi connectivity index (χ4v) is 5.38. The van der Waals surface area contributed by atoms with Crippen LogP contribution in [-0.2, 0) is 11.2 Å². The Hall–Kier alpha value is -2.44. The summed E-state index contributed by atoms with van der Waals surface area (Å²) in [6.45, 7) is 5.40. The second-order valence-corrected chi connectivity index (χ2v) is 12.2. The molecule has 174 valence electrons. The Morgan fingerprint density at radius 3 is 2.61 bits per heavy atom. The molecule has 33 heavy (non-hydrogen) atoms. The van der Waals surface area contributed by atoms with E-state index in [2.05, 4.69) is 38.1 Å². The van der Waals surface area contributed by atoms with E-state index in [4.69, 9.17) is 11.6 Å². The van der Waals surface area contributed by atoms with Gasteiger partial charge < -0.3 is 25.6 Å². The molecule has 2 heterocycles. The number of nitrogens with one attached hydrogen (secondary N) is 3. The van der Waals surface area contributed by atoms with Crippen LogP contribution >= 0.6 is 18.7 Å². The summed E-state index contributed by atoms with van der Waals surface area (Å²) in [6.07, 6.45) is 3.70. The highest BCUT2D eigenvalue weighted by Crippen LogP contribution is 2.38. The monoisotopic (exact) mass is 485 g/mol. The van der Waals surface area contributed by atoms with E-state index in [1.807, 2.05) is 30.3 Å². The normalized spacial score (nSPS) is 14.8. The molecule has 0 aliphatic carbocycles. The number of anilines is 4. The first-order chi connectivity index (χ1) is 15.8. The number of aliphatic hydroxyl groups excluding tert-OH is 1. The van der Waals surface area contributed by atoms with Crippen molar-refractivity contribution in [3.8, 4) is 0 Å². The van der Waals surface area contributed by atoms with Crippen molar-refractivity contribution in [3.63, 3.8) is 0 Å². The van der Waals surface area contributed by atoms with Crippen LogP contribution in [0.4, 0.5) is 23.1 Å². The average molecular weight is 486 g/mol. The maximum atomic E-state index is 12.7. The molecule has 4 N–H and O–H groups in total. The third kappa shape index (κ3) is 5.74. The molecule has 2 aromatic carbocycles. The topological polar surface area (TPSA) is 99.2 Å². The van der Waals surface area contributed by atoms with Gasteiger partial charge in [0, 0.05) is 16.6 Å². The number of aromatic nitrogens is 2. The van der Waals surface area contributed by atoms with E-state index in [0.29, 0.717) is 28.4 Å². The summed E-state index contributed by atoms with van der Waals surface area (Å²) in [5.41, 5.74) is 3.48. The van der Waals surface area contributed by atoms with Crippen molar-refractivity contribution in [2.24, 2.45) is 0 Å². The highest BCUT2D eigenvalue weighted by Gasteiger charge is 2.18. The Kier molecular flexibility index (Phi) is 7.35. The van der Waals surface area contributed by atoms with Crippen molar-refractivity contribution >= 4 is 47.2 Å². The van der Waals surface area contributed by atoms with Gasteiger partial charge in [-0.05, 0) is 68.9 Å². The minimum absolute atomic E-state index is 0.0878. The van der Waals surface area contributed by atoms with Gasteiger partial charge in [-0.2, -0.15) is 4.98 Å². The number of halogens is 1. The first-order valence-electron chi connectivity index (χ1n) is 11.0. The third-order valence-electron chi connectivity index (χ3n) is 5.84. The molecule has 0 radical (unpaired) electrons. The molecule has 0 bridgehead atoms. The Labute approximate surface area is 199 Å². The number of hydrogen-bond acceptors (Lipinski definition) is 7. The molecule has 0 amide bonds. The lowest BCUT2D eigenvalue weighted by Gasteiger charge is -2.24. The molecule has 7 nitrogen and oxygen atoms in total. The van der Waals surface area contributed by atoms with Crippen molar-refractivity contribution in [1.82, 2.24) is 15.3 Å². The number of piperidine rings is 1. The van der Waals surface area contributed by atoms with E-state index >= 15 is 0 Å². The van der Waals surface area contributed by atoms with Crippen molar-refractivity contribution in [2.45, 2.75) is 25.4 Å². The second-order valence-electron chi connectivity index (χ2n) is 8.61. The van der Waals surface area contributed by atoms with Crippen molar-refractivity contribution in [3.05, 3.63) is 64.8 Å². The maximum Gasteiger partial charge on any atom is 0.229 e. The number of hydrogen-bond donors (Lipinski definition) is 4. The van der Waals surface area contributed by atoms with Crippen molar-refractivity contribution in [2.75, 3.05) is 37.1 Å². The Morgan fingerprint density at radius 2 is 1.88 bits per heavy atom. The number of aliphatic hydroxyl groups is 1. The first kappa shape index (κ1) is 23.7. The molecule has 0 atom stereocenters. The van der Waals surface area contributed by atoms with Gasteiger partial charge in [0.1, 0.15) is 12.2 Å². The molecule has 1 saturated heterocycles. The van der Waals surface area contributed by atoms with Crippen LogP contribution in [0.3, 0.4) is 0 Å². The fraction of sp³-hybridized carbons (Fsp3) is 0.333. The lowest BCUT2D eigenvalue weighted by atomic mass is 9.89. The highest BCUT2D eigenvalue weighted by atomic mass is 35.5. The summed E-state index contributed by atoms with van der Waals surface area (Å²) in [6, 6.07) is 13.5. The standard InChI is InChI=1S/C24H29ClN5O2P/c1-33(2,32)22-6-4-3-5-21(22)28-23-19(25)14-27-24(30-23)29-20-8-7-17(13-18(20)15-31)16-9-11-26-12-10-16/h3-8,13-14,16,26,31H,9-12,15H2,1-2H3,(H2,27,28,29,30). The third-order valence-corrected chi connectivity index (χ3v) is 7.66. The first-order valence-corrected chi connectivity index (χ1v) is 14.0. The van der Waals surface area contributed by atoms with Crippen molar-refractivity contribution in [1.29, 1.82) is 0 Å². The zero-order valence-corrected chi connectivity index (χ0v) is 20.5. The number of rotatable bonds is 7. The van der Waals surface area contributed by atoms with Crippen LogP contribution in [0.5, 0.6) is 0 Å². The predicted octanol–water partition coefficient (Wildman–Crippen LogP) is 4.82. The van der Waals surface area contributed by atoms with E-state index in [0.717, 1.165) is 42.5 Å². The van der Waals surface area contributed by atoms with Gasteiger partial charge in [0.25, 0.3) is 0 Å². The zero-order chi connectivity index (χ0) is 23.4. The molecule has 0 saturated carbocycles. The van der Waals surface area contributed by atoms with E-state index in [1.165, 1.54) is 11.8 Å². The smallest absolute Gasteiger partial charge is 0.229 e. The van der Waals surface area contributed by atoms with E-state index < -0.39 is 7.14 Å². The summed E-state index contributed by atoms with van der Waals surface area (Å²) in [4.78, 5) is 8.82. The summed E-state index contributed by atoms with van der Waals surface area (Å²) < 4.78 is 12.7. The Bertz CT molecular complexity index is 1180. The van der Waals surface area contributed by atoms with Gasteiger partial charge >= 0.3 is 0 Å². The van der Waals surface area contributed by atoms with E-state index in [-0.39, 0.29) is 6.61 Å². The number of para-hydroxylation sites is 1. The van der Waals surface area contributed by atoms with Crippen molar-refractivity contribution < 1.29 is 9.67 Å². The van der Waals surface area contributed by atoms with Crippen LogP contribution in [-0.4, -0.2) is 41.5 Å². The van der Waals surface area contributed by atoms with E-state index in [1.54, 1.807) is 13.3 Å². The molecule has 1 fully saturated rings. The minimum atomic E-state index is -2.50. The van der Waals surface area contributed by atoms with Gasteiger partial charge in [-0.25, -0.2) is 4.98 Å². The molecule has 4 rings (SSSR count). The minimum Gasteiger partial charge on any atom is -0.392 e. The van der Waals surface area contributed by atoms with E-state index in [9.17, 15) is 9.67 Å². The Balaban J connectivity index is 1.58. The van der Waals surface area contributed by atoms with Crippen LogP contribution in [0.2, 0.25) is 5.02 Å². The van der Waals surface area contributed by atoms with Crippen LogP contribution in [0.25, 0.3) is 0 Å². The number of nitrogens with zero attached hydrogens (tertiary/aromatic N) is 2. The molecule has 9 heteroatoms. The van der Waals surface area contributed by atoms with Gasteiger partial charge in [-0.3, -0.25) is 0 Å². The van der Waals surface area contributed by atoms with Gasteiger partial charge in [0.05, 0.1) is 18.5 Å². The second kappa shape index (κ2) is 10.2. The largest absolute Gasteiger partial charge is 0.392 e. The lowest BCUT2D eigenvalue weighted by molar-refractivity contribution is 0.282. The number of benzene rings is 2. The molecule has 0 unspecified atom stereocenters. The molecule has 1 aliphatic rings. The summed E-state index contributed by atoms with van der Waals surface area (Å²) >= 11 is 6.35. The summed E-state index contributed by atoms with van der Waals surface area (Å²) in [5, 5.41) is 20.8. The molecule has 1 aromatic heterocycles. The lowest BCUT2D eigenvalue weighted by Crippen LogP contribution is -2.26. The summed E-state index contributed by atoms with van der Waals surface area (Å²) in [5.74, 6) is 1.26. The average Bonchev–Trinajstić information content (AvgIpc) is 2.81. The van der Waals surface area contributed by atoms with Gasteiger partial charge in [0.2, 0.25) is 5.95 Å². The molecule has 0 spiro atoms.